The molecule has 0 unspecified atom stereocenters. The lowest BCUT2D eigenvalue weighted by atomic mass is 10.0. The lowest BCUT2D eigenvalue weighted by Crippen LogP contribution is -2.61. The number of primary amides is 1. The van der Waals surface area contributed by atoms with E-state index in [0.29, 0.717) is 11.3 Å². The SMILES string of the molecule is CSCC[C@H](NC(=O)[C@@H](NC(=O)[C@H](CCC(N)=O)NC(=O)[C@H](Cc1ccc(O)cc1)NC(=O)[C@H](CCC(=O)O)NC(=O)[C@@H](N)CO)[C@@H](C)O)C(=O)O. The number of hydrogen-bond acceptors (Lipinski definition) is 13. The minimum absolute atomic E-state index is 0.0310. The van der Waals surface area contributed by atoms with E-state index in [1.54, 1.807) is 6.26 Å². The molecule has 0 aliphatic heterocycles. The summed E-state index contributed by atoms with van der Waals surface area (Å²) in [4.78, 5) is 101. The van der Waals surface area contributed by atoms with Crippen LogP contribution in [0.15, 0.2) is 24.3 Å². The fraction of sp³-hybridized carbons (Fsp3) is 0.548. The Labute approximate surface area is 302 Å². The van der Waals surface area contributed by atoms with Crippen molar-refractivity contribution in [2.24, 2.45) is 11.5 Å². The van der Waals surface area contributed by atoms with Crippen molar-refractivity contribution in [2.75, 3.05) is 18.6 Å². The van der Waals surface area contributed by atoms with Crippen molar-refractivity contribution in [1.82, 2.24) is 26.6 Å². The van der Waals surface area contributed by atoms with E-state index in [1.807, 2.05) is 0 Å². The molecule has 1 aromatic rings. The van der Waals surface area contributed by atoms with Crippen LogP contribution in [0.1, 0.15) is 44.6 Å². The van der Waals surface area contributed by atoms with Crippen molar-refractivity contribution in [2.45, 2.75) is 87.8 Å². The Kier molecular flexibility index (Phi) is 19.7. The first kappa shape index (κ1) is 45.0. The molecule has 14 N–H and O–H groups in total. The summed E-state index contributed by atoms with van der Waals surface area (Å²) < 4.78 is 0. The second-order valence-corrected chi connectivity index (χ2v) is 12.7. The average molecular weight is 758 g/mol. The number of aromatic hydroxyl groups is 1. The molecular weight excluding hydrogens is 710 g/mol. The fourth-order valence-corrected chi connectivity index (χ4v) is 4.96. The molecule has 0 aliphatic carbocycles. The zero-order chi connectivity index (χ0) is 39.5. The number of carbonyl (C=O) groups is 8. The second-order valence-electron chi connectivity index (χ2n) is 11.7. The Morgan fingerprint density at radius 3 is 1.73 bits per heavy atom. The van der Waals surface area contributed by atoms with Crippen LogP contribution in [0.25, 0.3) is 0 Å². The van der Waals surface area contributed by atoms with E-state index in [4.69, 9.17) is 16.6 Å². The van der Waals surface area contributed by atoms with E-state index < -0.39 is 122 Å². The largest absolute Gasteiger partial charge is 0.508 e. The van der Waals surface area contributed by atoms with Crippen molar-refractivity contribution in [3.8, 4) is 5.75 Å². The number of hydrogen-bond donors (Lipinski definition) is 12. The number of benzene rings is 1. The molecule has 21 heteroatoms. The summed E-state index contributed by atoms with van der Waals surface area (Å²) in [5, 5.41) is 59.4. The van der Waals surface area contributed by atoms with Crippen LogP contribution in [0.4, 0.5) is 0 Å². The number of rotatable bonds is 24. The quantitative estimate of drug-likeness (QED) is 0.0478. The third kappa shape index (κ3) is 16.4. The summed E-state index contributed by atoms with van der Waals surface area (Å²) in [5.74, 6) is -8.52. The zero-order valence-electron chi connectivity index (χ0n) is 28.6. The predicted molar refractivity (Wildman–Crippen MR) is 184 cm³/mol. The molecule has 20 nitrogen and oxygen atoms in total. The number of aliphatic hydroxyl groups is 2. The highest BCUT2D eigenvalue weighted by Gasteiger charge is 2.34. The Balaban J connectivity index is 3.41. The highest BCUT2D eigenvalue weighted by Crippen LogP contribution is 2.13. The van der Waals surface area contributed by atoms with Crippen LogP contribution in [0.5, 0.6) is 5.75 Å². The highest BCUT2D eigenvalue weighted by molar-refractivity contribution is 7.98. The normalized spacial score (nSPS) is 14.9. The first-order chi connectivity index (χ1) is 24.4. The molecule has 0 aliphatic rings. The number of carboxylic acids is 2. The maximum Gasteiger partial charge on any atom is 0.326 e. The van der Waals surface area contributed by atoms with Crippen molar-refractivity contribution in [1.29, 1.82) is 0 Å². The number of aliphatic hydroxyl groups excluding tert-OH is 2. The van der Waals surface area contributed by atoms with E-state index >= 15 is 0 Å². The maximum absolute atomic E-state index is 13.7. The molecular formula is C31H47N7O13S. The smallest absolute Gasteiger partial charge is 0.326 e. The molecule has 1 aromatic carbocycles. The summed E-state index contributed by atoms with van der Waals surface area (Å²) >= 11 is 1.33. The number of phenols is 1. The van der Waals surface area contributed by atoms with Crippen molar-refractivity contribution in [3.63, 3.8) is 0 Å². The number of nitrogens with one attached hydrogen (secondary N) is 5. The van der Waals surface area contributed by atoms with Gasteiger partial charge in [-0.25, -0.2) is 4.79 Å². The predicted octanol–water partition coefficient (Wildman–Crippen LogP) is -3.97. The third-order valence-corrected chi connectivity index (χ3v) is 8.07. The Morgan fingerprint density at radius 1 is 0.731 bits per heavy atom. The van der Waals surface area contributed by atoms with Gasteiger partial charge in [0, 0.05) is 19.3 Å². The van der Waals surface area contributed by atoms with Gasteiger partial charge in [-0.15, -0.1) is 0 Å². The minimum atomic E-state index is -1.71. The van der Waals surface area contributed by atoms with Crippen LogP contribution in [0, 0.1) is 0 Å². The molecule has 0 bridgehead atoms. The first-order valence-corrected chi connectivity index (χ1v) is 17.4. The lowest BCUT2D eigenvalue weighted by molar-refractivity contribution is -0.143. The van der Waals surface area contributed by atoms with Gasteiger partial charge in [0.05, 0.1) is 12.7 Å². The Bertz CT molecular complexity index is 1410. The molecule has 290 valence electrons. The summed E-state index contributed by atoms with van der Waals surface area (Å²) in [6, 6.07) is -3.84. The van der Waals surface area contributed by atoms with Gasteiger partial charge in [-0.1, -0.05) is 12.1 Å². The zero-order valence-corrected chi connectivity index (χ0v) is 29.4. The molecule has 7 atom stereocenters. The van der Waals surface area contributed by atoms with Crippen molar-refractivity contribution < 1.29 is 63.9 Å². The van der Waals surface area contributed by atoms with Crippen LogP contribution < -0.4 is 38.1 Å². The molecule has 0 heterocycles. The van der Waals surface area contributed by atoms with Gasteiger partial charge in [-0.2, -0.15) is 11.8 Å². The standard InChI is InChI=1S/C31H47N7O13S/c1-15(40)25(30(49)36-21(31(50)51)11-12-52-2)38-28(47)19(7-9-23(33)42)35-29(48)22(13-16-3-5-17(41)6-4-16)37-27(46)20(8-10-24(43)44)34-26(45)18(32)14-39/h3-6,15,18-22,25,39-41H,7-14,32H2,1-2H3,(H2,33,42)(H,34,45)(H,35,48)(H,36,49)(H,37,46)(H,38,47)(H,43,44)(H,50,51)/t15-,18+,19+,20+,21+,22+,25+/m1/s1. The molecule has 0 saturated carbocycles. The Hall–Kier alpha value is -4.99. The molecule has 0 spiro atoms. The number of phenolic OH excluding ortho intramolecular Hbond substituents is 1. The fourth-order valence-electron chi connectivity index (χ4n) is 4.49. The third-order valence-electron chi connectivity index (χ3n) is 7.42. The number of aliphatic carboxylic acids is 2. The van der Waals surface area contributed by atoms with Gasteiger partial charge in [-0.3, -0.25) is 33.6 Å². The molecule has 0 saturated heterocycles. The second kappa shape index (κ2) is 22.7. The summed E-state index contributed by atoms with van der Waals surface area (Å²) in [7, 11) is 0. The molecule has 6 amide bonds. The van der Waals surface area contributed by atoms with Gasteiger partial charge in [0.15, 0.2) is 0 Å². The van der Waals surface area contributed by atoms with E-state index in [0.717, 1.165) is 6.92 Å². The van der Waals surface area contributed by atoms with Gasteiger partial charge in [0.1, 0.15) is 42.0 Å². The van der Waals surface area contributed by atoms with Gasteiger partial charge in [0.25, 0.3) is 0 Å². The number of amides is 6. The van der Waals surface area contributed by atoms with Gasteiger partial charge in [0.2, 0.25) is 35.4 Å². The number of thioether (sulfide) groups is 1. The van der Waals surface area contributed by atoms with Crippen LogP contribution in [-0.2, 0) is 44.8 Å². The topological polar surface area (TPSA) is 350 Å². The lowest BCUT2D eigenvalue weighted by Gasteiger charge is -2.28. The van der Waals surface area contributed by atoms with Crippen molar-refractivity contribution >= 4 is 59.1 Å². The highest BCUT2D eigenvalue weighted by atomic mass is 32.2. The van der Waals surface area contributed by atoms with E-state index in [9.17, 15) is 58.8 Å². The van der Waals surface area contributed by atoms with E-state index in [-0.39, 0.29) is 18.6 Å². The molecule has 1 rings (SSSR count). The van der Waals surface area contributed by atoms with Gasteiger partial charge in [-0.05, 0) is 55.9 Å². The summed E-state index contributed by atoms with van der Waals surface area (Å²) in [6.45, 7) is 0.352. The molecule has 52 heavy (non-hydrogen) atoms. The molecule has 0 radical (unpaired) electrons. The molecule has 0 fully saturated rings. The van der Waals surface area contributed by atoms with E-state index in [1.165, 1.54) is 36.0 Å². The van der Waals surface area contributed by atoms with Gasteiger partial charge >= 0.3 is 11.9 Å². The van der Waals surface area contributed by atoms with Crippen LogP contribution in [0.3, 0.4) is 0 Å². The van der Waals surface area contributed by atoms with Gasteiger partial charge < -0.3 is 63.6 Å². The molecule has 0 aromatic heterocycles. The monoisotopic (exact) mass is 757 g/mol. The van der Waals surface area contributed by atoms with Crippen LogP contribution in [0.2, 0.25) is 0 Å². The summed E-state index contributed by atoms with van der Waals surface area (Å²) in [6.07, 6.45) is -2.03. The number of carbonyl (C=O) groups excluding carboxylic acids is 6. The maximum atomic E-state index is 13.7. The van der Waals surface area contributed by atoms with Crippen molar-refractivity contribution in [3.05, 3.63) is 29.8 Å². The number of carboxylic acid groups (broad SMARTS) is 2. The minimum Gasteiger partial charge on any atom is -0.508 e. The average Bonchev–Trinajstić information content (AvgIpc) is 3.08. The van der Waals surface area contributed by atoms with Crippen LogP contribution in [-0.4, -0.2) is 134 Å². The van der Waals surface area contributed by atoms with E-state index in [2.05, 4.69) is 26.6 Å². The Morgan fingerprint density at radius 2 is 1.23 bits per heavy atom. The number of nitrogens with two attached hydrogens (primary N) is 2. The van der Waals surface area contributed by atoms with Crippen LogP contribution >= 0.6 is 11.8 Å². The summed E-state index contributed by atoms with van der Waals surface area (Å²) in [5.41, 5.74) is 11.2. The first-order valence-electron chi connectivity index (χ1n) is 16.0.